The van der Waals surface area contributed by atoms with Crippen LogP contribution in [0.15, 0.2) is 48.5 Å². The maximum atomic E-state index is 13.9. The van der Waals surface area contributed by atoms with E-state index in [1.165, 1.54) is 35.1 Å². The molecule has 0 saturated carbocycles. The Morgan fingerprint density at radius 3 is 2.24 bits per heavy atom. The molecule has 1 unspecified atom stereocenters. The number of hydrogen-bond donors (Lipinski definition) is 1. The molecule has 0 aliphatic carbocycles. The average Bonchev–Trinajstić information content (AvgIpc) is 3.07. The van der Waals surface area contributed by atoms with Crippen LogP contribution >= 0.6 is 0 Å². The molecule has 2 aromatic rings. The van der Waals surface area contributed by atoms with E-state index in [0.717, 1.165) is 4.90 Å². The number of nitrogens with zero attached hydrogens (tertiary/aromatic N) is 3. The molecule has 178 valence electrons. The number of hydrogen-bond acceptors (Lipinski definition) is 5. The van der Waals surface area contributed by atoms with Crippen molar-refractivity contribution in [3.63, 3.8) is 0 Å². The maximum Gasteiger partial charge on any atom is 0.325 e. The topological polar surface area (TPSA) is 99.3 Å². The van der Waals surface area contributed by atoms with Crippen LogP contribution < -0.4 is 10.1 Å². The van der Waals surface area contributed by atoms with Gasteiger partial charge in [-0.15, -0.1) is 0 Å². The van der Waals surface area contributed by atoms with Gasteiger partial charge in [-0.05, 0) is 36.8 Å². The van der Waals surface area contributed by atoms with Crippen LogP contribution in [0, 0.1) is 5.82 Å². The van der Waals surface area contributed by atoms with Gasteiger partial charge in [0, 0.05) is 26.2 Å². The number of piperazine rings is 1. The molecule has 2 saturated heterocycles. The Kier molecular flexibility index (Phi) is 6.23. The molecule has 1 N–H and O–H groups in total. The largest absolute Gasteiger partial charge is 0.497 e. The predicted molar refractivity (Wildman–Crippen MR) is 119 cm³/mol. The van der Waals surface area contributed by atoms with Crippen molar-refractivity contribution < 1.29 is 28.3 Å². The van der Waals surface area contributed by atoms with Gasteiger partial charge >= 0.3 is 6.03 Å². The molecule has 0 radical (unpaired) electrons. The maximum absolute atomic E-state index is 13.9. The van der Waals surface area contributed by atoms with E-state index in [-0.39, 0.29) is 31.7 Å². The van der Waals surface area contributed by atoms with Crippen LogP contribution in [-0.2, 0) is 15.1 Å². The van der Waals surface area contributed by atoms with E-state index < -0.39 is 41.7 Å². The Labute approximate surface area is 196 Å². The van der Waals surface area contributed by atoms with Gasteiger partial charge in [0.1, 0.15) is 23.7 Å². The second-order valence-electron chi connectivity index (χ2n) is 8.33. The summed E-state index contributed by atoms with van der Waals surface area (Å²) in [6.45, 7) is 2.08. The minimum atomic E-state index is -1.30. The van der Waals surface area contributed by atoms with Gasteiger partial charge in [0.25, 0.3) is 11.8 Å². The van der Waals surface area contributed by atoms with Crippen LogP contribution in [0.5, 0.6) is 5.75 Å². The highest BCUT2D eigenvalue weighted by Crippen LogP contribution is 2.30. The zero-order chi connectivity index (χ0) is 24.5. The average molecular weight is 468 g/mol. The summed E-state index contributed by atoms with van der Waals surface area (Å²) >= 11 is 0. The first-order chi connectivity index (χ1) is 16.2. The van der Waals surface area contributed by atoms with E-state index in [0.29, 0.717) is 11.3 Å². The van der Waals surface area contributed by atoms with Crippen molar-refractivity contribution in [2.24, 2.45) is 0 Å². The molecule has 0 spiro atoms. The fourth-order valence-corrected chi connectivity index (χ4v) is 4.16. The quantitative estimate of drug-likeness (QED) is 0.672. The zero-order valence-corrected chi connectivity index (χ0v) is 18.9. The molecule has 2 aromatic carbocycles. The smallest absolute Gasteiger partial charge is 0.325 e. The molecule has 2 aliphatic rings. The molecule has 2 heterocycles. The first-order valence-corrected chi connectivity index (χ1v) is 10.8. The van der Waals surface area contributed by atoms with Crippen molar-refractivity contribution >= 4 is 23.8 Å². The molecular weight excluding hydrogens is 443 g/mol. The highest BCUT2D eigenvalue weighted by Gasteiger charge is 2.49. The second-order valence-corrected chi connectivity index (χ2v) is 8.33. The molecule has 4 rings (SSSR count). The third-order valence-electron chi connectivity index (χ3n) is 6.26. The van der Waals surface area contributed by atoms with Gasteiger partial charge in [0.15, 0.2) is 0 Å². The molecule has 0 aromatic heterocycles. The van der Waals surface area contributed by atoms with E-state index in [1.54, 1.807) is 37.3 Å². The minimum Gasteiger partial charge on any atom is -0.497 e. The number of nitrogens with one attached hydrogen (secondary N) is 1. The van der Waals surface area contributed by atoms with Crippen molar-refractivity contribution in [2.75, 3.05) is 39.8 Å². The van der Waals surface area contributed by atoms with Crippen LogP contribution in [0.1, 0.15) is 22.8 Å². The highest BCUT2D eigenvalue weighted by atomic mass is 19.1. The number of benzene rings is 2. The Bertz CT molecular complexity index is 1130. The summed E-state index contributed by atoms with van der Waals surface area (Å²) in [5.74, 6) is -1.34. The standard InChI is InChI=1S/C24H25FN4O5/c1-24(16-7-9-17(34-2)10-8-16)22(32)29(23(33)26-24)15-20(30)27-11-13-28(14-12-27)21(31)18-5-3-4-6-19(18)25/h3-10H,11-15H2,1-2H3,(H,26,33). The first kappa shape index (κ1) is 23.2. The summed E-state index contributed by atoms with van der Waals surface area (Å²) in [5.41, 5.74) is -0.740. The highest BCUT2D eigenvalue weighted by molar-refractivity contribution is 6.09. The fraction of sp³-hybridized carbons (Fsp3) is 0.333. The third kappa shape index (κ3) is 4.18. The summed E-state index contributed by atoms with van der Waals surface area (Å²) in [6.07, 6.45) is 0. The number of halogens is 1. The summed E-state index contributed by atoms with van der Waals surface area (Å²) in [6, 6.07) is 11.9. The zero-order valence-electron chi connectivity index (χ0n) is 18.9. The van der Waals surface area contributed by atoms with Crippen molar-refractivity contribution in [3.8, 4) is 5.75 Å². The van der Waals surface area contributed by atoms with Crippen molar-refractivity contribution in [3.05, 3.63) is 65.5 Å². The van der Waals surface area contributed by atoms with Crippen LogP contribution in [0.2, 0.25) is 0 Å². The molecule has 9 nitrogen and oxygen atoms in total. The molecule has 2 fully saturated rings. The van der Waals surface area contributed by atoms with Crippen LogP contribution in [0.4, 0.5) is 9.18 Å². The summed E-state index contributed by atoms with van der Waals surface area (Å²) in [5, 5.41) is 2.68. The van der Waals surface area contributed by atoms with Crippen LogP contribution in [-0.4, -0.2) is 78.3 Å². The van der Waals surface area contributed by atoms with E-state index >= 15 is 0 Å². The number of methoxy groups -OCH3 is 1. The van der Waals surface area contributed by atoms with Crippen molar-refractivity contribution in [1.82, 2.24) is 20.0 Å². The number of imide groups is 1. The SMILES string of the molecule is COc1ccc(C2(C)NC(=O)N(CC(=O)N3CCN(C(=O)c4ccccc4F)CC3)C2=O)cc1. The Hall–Kier alpha value is -3.95. The number of urea groups is 1. The molecular formula is C24H25FN4O5. The van der Waals surface area contributed by atoms with Gasteiger partial charge in [-0.1, -0.05) is 24.3 Å². The van der Waals surface area contributed by atoms with Crippen LogP contribution in [0.25, 0.3) is 0 Å². The van der Waals surface area contributed by atoms with Gasteiger partial charge in [-0.2, -0.15) is 0 Å². The Morgan fingerprint density at radius 1 is 1.00 bits per heavy atom. The van der Waals surface area contributed by atoms with Gasteiger partial charge in [-0.3, -0.25) is 19.3 Å². The number of amides is 5. The normalized spacial score (nSPS) is 20.4. The number of rotatable bonds is 5. The number of carbonyl (C=O) groups is 4. The van der Waals surface area contributed by atoms with Crippen LogP contribution in [0.3, 0.4) is 0 Å². The lowest BCUT2D eigenvalue weighted by atomic mass is 9.92. The monoisotopic (exact) mass is 468 g/mol. The lowest BCUT2D eigenvalue weighted by Crippen LogP contribution is -2.53. The third-order valence-corrected chi connectivity index (χ3v) is 6.26. The van der Waals surface area contributed by atoms with Crippen molar-refractivity contribution in [1.29, 1.82) is 0 Å². The number of ether oxygens (including phenoxy) is 1. The van der Waals surface area contributed by atoms with Gasteiger partial charge < -0.3 is 19.9 Å². The molecule has 1 atom stereocenters. The summed E-state index contributed by atoms with van der Waals surface area (Å²) in [7, 11) is 1.53. The molecule has 2 aliphatic heterocycles. The second kappa shape index (κ2) is 9.12. The van der Waals surface area contributed by atoms with E-state index in [4.69, 9.17) is 4.74 Å². The summed E-state index contributed by atoms with van der Waals surface area (Å²) in [4.78, 5) is 55.0. The van der Waals surface area contributed by atoms with E-state index in [1.807, 2.05) is 0 Å². The fourth-order valence-electron chi connectivity index (χ4n) is 4.16. The van der Waals surface area contributed by atoms with Gasteiger partial charge in [0.2, 0.25) is 5.91 Å². The first-order valence-electron chi connectivity index (χ1n) is 10.8. The van der Waals surface area contributed by atoms with E-state index in [9.17, 15) is 23.6 Å². The molecule has 0 bridgehead atoms. The summed E-state index contributed by atoms with van der Waals surface area (Å²) < 4.78 is 19.1. The van der Waals surface area contributed by atoms with Gasteiger partial charge in [-0.25, -0.2) is 9.18 Å². The molecule has 34 heavy (non-hydrogen) atoms. The lowest BCUT2D eigenvalue weighted by Gasteiger charge is -2.35. The Morgan fingerprint density at radius 2 is 1.62 bits per heavy atom. The lowest BCUT2D eigenvalue weighted by molar-refractivity contribution is -0.139. The predicted octanol–water partition coefficient (Wildman–Crippen LogP) is 1.59. The number of carbonyl (C=O) groups excluding carboxylic acids is 4. The Balaban J connectivity index is 1.37. The van der Waals surface area contributed by atoms with Gasteiger partial charge in [0.05, 0.1) is 12.7 Å². The molecule has 10 heteroatoms. The van der Waals surface area contributed by atoms with Crippen molar-refractivity contribution in [2.45, 2.75) is 12.5 Å². The van der Waals surface area contributed by atoms with E-state index in [2.05, 4.69) is 5.32 Å². The minimum absolute atomic E-state index is 0.0144. The molecule has 5 amide bonds.